The van der Waals surface area contributed by atoms with Crippen LogP contribution in [0.15, 0.2) is 12.1 Å². The lowest BCUT2D eigenvalue weighted by Crippen LogP contribution is -3.16. The molecular weight excluding hydrogens is 314 g/mol. The zero-order valence-electron chi connectivity index (χ0n) is 16.2. The van der Waals surface area contributed by atoms with E-state index in [1.54, 1.807) is 4.90 Å². The van der Waals surface area contributed by atoms with Crippen molar-refractivity contribution in [1.29, 1.82) is 0 Å². The summed E-state index contributed by atoms with van der Waals surface area (Å²) < 4.78 is 0. The van der Waals surface area contributed by atoms with Gasteiger partial charge in [-0.25, -0.2) is 0 Å². The first-order chi connectivity index (χ1) is 11.3. The van der Waals surface area contributed by atoms with Crippen LogP contribution in [0.25, 0.3) is 0 Å². The van der Waals surface area contributed by atoms with E-state index >= 15 is 0 Å². The Kier molecular flexibility index (Phi) is 6.64. The molecule has 3 nitrogen and oxygen atoms in total. The summed E-state index contributed by atoms with van der Waals surface area (Å²) in [5, 5.41) is 4.38. The lowest BCUT2D eigenvalue weighted by Gasteiger charge is -2.38. The van der Waals surface area contributed by atoms with Crippen molar-refractivity contribution in [1.82, 2.24) is 4.90 Å². The van der Waals surface area contributed by atoms with Crippen LogP contribution in [-0.4, -0.2) is 42.2 Å². The summed E-state index contributed by atoms with van der Waals surface area (Å²) in [5.74, 6) is 0. The highest BCUT2D eigenvalue weighted by Gasteiger charge is 2.28. The number of nitrogens with one attached hydrogen (secondary N) is 2. The number of piperidine rings is 1. The van der Waals surface area contributed by atoms with Gasteiger partial charge in [0.15, 0.2) is 5.11 Å². The highest BCUT2D eigenvalue weighted by atomic mass is 32.1. The van der Waals surface area contributed by atoms with Crippen molar-refractivity contribution in [2.24, 2.45) is 0 Å². The van der Waals surface area contributed by atoms with Gasteiger partial charge in [0, 0.05) is 31.6 Å². The van der Waals surface area contributed by atoms with Gasteiger partial charge in [0.25, 0.3) is 0 Å². The Balaban J connectivity index is 1.94. The maximum absolute atomic E-state index is 5.69. The molecule has 2 unspecified atom stereocenters. The summed E-state index contributed by atoms with van der Waals surface area (Å²) in [6.45, 7) is 13.2. The number of hydrogen-bond donors (Lipinski definition) is 2. The number of nitrogens with zero attached hydrogens (tertiary/aromatic N) is 1. The predicted octanol–water partition coefficient (Wildman–Crippen LogP) is 3.09. The quantitative estimate of drug-likeness (QED) is 0.816. The first-order valence-corrected chi connectivity index (χ1v) is 9.71. The monoisotopic (exact) mass is 348 g/mol. The third-order valence-electron chi connectivity index (χ3n) is 5.72. The number of anilines is 1. The molecule has 2 atom stereocenters. The molecule has 0 bridgehead atoms. The van der Waals surface area contributed by atoms with Crippen molar-refractivity contribution in [2.45, 2.75) is 66.0 Å². The van der Waals surface area contributed by atoms with Gasteiger partial charge in [-0.3, -0.25) is 0 Å². The molecule has 0 aliphatic carbocycles. The van der Waals surface area contributed by atoms with Gasteiger partial charge in [-0.2, -0.15) is 0 Å². The molecule has 134 valence electrons. The van der Waals surface area contributed by atoms with Crippen LogP contribution < -0.4 is 10.2 Å². The summed E-state index contributed by atoms with van der Waals surface area (Å²) in [6, 6.07) is 5.94. The molecule has 1 aromatic rings. The molecular formula is C20H34N3S+. The Hall–Kier alpha value is -1.13. The fourth-order valence-corrected chi connectivity index (χ4v) is 4.11. The van der Waals surface area contributed by atoms with E-state index in [4.69, 9.17) is 12.2 Å². The second-order valence-electron chi connectivity index (χ2n) is 7.52. The molecule has 2 rings (SSSR count). The van der Waals surface area contributed by atoms with Gasteiger partial charge in [0.1, 0.15) is 0 Å². The van der Waals surface area contributed by atoms with Crippen LogP contribution in [-0.2, 0) is 0 Å². The maximum Gasteiger partial charge on any atom is 0.173 e. The van der Waals surface area contributed by atoms with E-state index in [2.05, 4.69) is 64.0 Å². The molecule has 1 aliphatic heterocycles. The lowest BCUT2D eigenvalue weighted by atomic mass is 10.0. The molecule has 24 heavy (non-hydrogen) atoms. The number of hydrogen-bond acceptors (Lipinski definition) is 1. The number of rotatable bonds is 4. The topological polar surface area (TPSA) is 19.7 Å². The minimum absolute atomic E-state index is 0.740. The van der Waals surface area contributed by atoms with E-state index in [1.807, 2.05) is 0 Å². The standard InChI is InChI=1S/C20H33N3S/c1-7-17(5)22(6)18-8-10-23(11-9-18)20(24)21-19-15(3)12-14(2)13-16(19)4/h12-13,17-18H,7-11H2,1-6H3,(H,21,24)/p+1. The molecule has 2 N–H and O–H groups in total. The summed E-state index contributed by atoms with van der Waals surface area (Å²) in [4.78, 5) is 4.02. The van der Waals surface area contributed by atoms with Crippen molar-refractivity contribution in [2.75, 3.05) is 25.5 Å². The third-order valence-corrected chi connectivity index (χ3v) is 6.09. The fraction of sp³-hybridized carbons (Fsp3) is 0.650. The SMILES string of the molecule is CCC(C)[NH+](C)C1CCN(C(=S)Nc2c(C)cc(C)cc2C)CC1. The van der Waals surface area contributed by atoms with Gasteiger partial charge in [0.2, 0.25) is 0 Å². The number of benzene rings is 1. The molecule has 0 amide bonds. The van der Waals surface area contributed by atoms with Crippen LogP contribution in [0.4, 0.5) is 5.69 Å². The van der Waals surface area contributed by atoms with Crippen LogP contribution in [0, 0.1) is 20.8 Å². The normalized spacial score (nSPS) is 18.3. The van der Waals surface area contributed by atoms with E-state index in [0.717, 1.165) is 30.3 Å². The molecule has 1 aromatic carbocycles. The van der Waals surface area contributed by atoms with Crippen LogP contribution in [0.5, 0.6) is 0 Å². The largest absolute Gasteiger partial charge is 0.349 e. The van der Waals surface area contributed by atoms with Crippen LogP contribution in [0.2, 0.25) is 0 Å². The highest BCUT2D eigenvalue weighted by molar-refractivity contribution is 7.80. The highest BCUT2D eigenvalue weighted by Crippen LogP contribution is 2.23. The van der Waals surface area contributed by atoms with E-state index in [0.29, 0.717) is 0 Å². The van der Waals surface area contributed by atoms with E-state index < -0.39 is 0 Å². The van der Waals surface area contributed by atoms with E-state index in [1.165, 1.54) is 41.6 Å². The zero-order valence-corrected chi connectivity index (χ0v) is 17.0. The predicted molar refractivity (Wildman–Crippen MR) is 108 cm³/mol. The minimum Gasteiger partial charge on any atom is -0.349 e. The number of aryl methyl sites for hydroxylation is 3. The fourth-order valence-electron chi connectivity index (χ4n) is 3.83. The molecule has 0 aromatic heterocycles. The molecule has 1 fully saturated rings. The van der Waals surface area contributed by atoms with Crippen molar-refractivity contribution >= 4 is 23.0 Å². The first kappa shape index (κ1) is 19.2. The van der Waals surface area contributed by atoms with Gasteiger partial charge < -0.3 is 15.1 Å². The molecule has 4 heteroatoms. The molecule has 0 spiro atoms. The van der Waals surface area contributed by atoms with Gasteiger partial charge in [0.05, 0.1) is 19.1 Å². The Morgan fingerprint density at radius 2 is 1.79 bits per heavy atom. The molecule has 1 heterocycles. The Morgan fingerprint density at radius 3 is 2.29 bits per heavy atom. The van der Waals surface area contributed by atoms with Crippen LogP contribution >= 0.6 is 12.2 Å². The van der Waals surface area contributed by atoms with Crippen molar-refractivity contribution in [3.63, 3.8) is 0 Å². The second kappa shape index (κ2) is 8.30. The number of likely N-dealkylation sites (tertiary alicyclic amines) is 1. The van der Waals surface area contributed by atoms with Crippen molar-refractivity contribution in [3.05, 3.63) is 28.8 Å². The van der Waals surface area contributed by atoms with Crippen LogP contribution in [0.3, 0.4) is 0 Å². The van der Waals surface area contributed by atoms with Gasteiger partial charge >= 0.3 is 0 Å². The smallest absolute Gasteiger partial charge is 0.173 e. The lowest BCUT2D eigenvalue weighted by molar-refractivity contribution is -0.930. The molecule has 0 radical (unpaired) electrons. The number of quaternary nitrogens is 1. The second-order valence-corrected chi connectivity index (χ2v) is 7.91. The molecule has 1 saturated heterocycles. The van der Waals surface area contributed by atoms with E-state index in [9.17, 15) is 0 Å². The Bertz CT molecular complexity index is 553. The third kappa shape index (κ3) is 4.48. The van der Waals surface area contributed by atoms with Gasteiger partial charge in [-0.15, -0.1) is 0 Å². The Morgan fingerprint density at radius 1 is 1.25 bits per heavy atom. The summed E-state index contributed by atoms with van der Waals surface area (Å²) >= 11 is 5.69. The summed E-state index contributed by atoms with van der Waals surface area (Å²) in [7, 11) is 2.35. The minimum atomic E-state index is 0.740. The van der Waals surface area contributed by atoms with Gasteiger partial charge in [-0.05, 0) is 57.5 Å². The van der Waals surface area contributed by atoms with Gasteiger partial charge in [-0.1, -0.05) is 24.6 Å². The van der Waals surface area contributed by atoms with Crippen LogP contribution in [0.1, 0.15) is 49.8 Å². The van der Waals surface area contributed by atoms with Crippen molar-refractivity contribution in [3.8, 4) is 0 Å². The van der Waals surface area contributed by atoms with Crippen molar-refractivity contribution < 1.29 is 4.90 Å². The first-order valence-electron chi connectivity index (χ1n) is 9.30. The summed E-state index contributed by atoms with van der Waals surface area (Å²) in [5.41, 5.74) is 5.02. The molecule has 0 saturated carbocycles. The maximum atomic E-state index is 5.69. The molecule has 1 aliphatic rings. The average Bonchev–Trinajstić information content (AvgIpc) is 2.56. The Labute approximate surface area is 153 Å². The van der Waals surface area contributed by atoms with E-state index in [-0.39, 0.29) is 0 Å². The average molecular weight is 349 g/mol. The zero-order chi connectivity index (χ0) is 17.9. The number of thiocarbonyl (C=S) groups is 1. The summed E-state index contributed by atoms with van der Waals surface area (Å²) in [6.07, 6.45) is 3.70.